The average molecular weight is 422 g/mol. The molecule has 3 nitrogen and oxygen atoms in total. The van der Waals surface area contributed by atoms with E-state index in [1.54, 1.807) is 0 Å². The summed E-state index contributed by atoms with van der Waals surface area (Å²) in [6, 6.07) is 20.2. The highest BCUT2D eigenvalue weighted by Crippen LogP contribution is 2.43. The number of Topliss-reactive ketones (excluding diaryl/α,β-unsaturated/α-hetero) is 1. The van der Waals surface area contributed by atoms with Gasteiger partial charge < -0.3 is 9.64 Å². The van der Waals surface area contributed by atoms with Gasteiger partial charge in [0.15, 0.2) is 5.78 Å². The average Bonchev–Trinajstić information content (AvgIpc) is 2.79. The van der Waals surface area contributed by atoms with Gasteiger partial charge in [0.25, 0.3) is 0 Å². The van der Waals surface area contributed by atoms with Gasteiger partial charge >= 0.3 is 0 Å². The molecule has 1 saturated carbocycles. The van der Waals surface area contributed by atoms with E-state index in [9.17, 15) is 4.79 Å². The fourth-order valence-corrected chi connectivity index (χ4v) is 5.42. The second-order valence-electron chi connectivity index (χ2n) is 9.17. The van der Waals surface area contributed by atoms with Crippen LogP contribution in [0.1, 0.15) is 62.4 Å². The number of hydrogen-bond acceptors (Lipinski definition) is 3. The Morgan fingerprint density at radius 2 is 1.48 bits per heavy atom. The lowest BCUT2D eigenvalue weighted by Gasteiger charge is -2.42. The van der Waals surface area contributed by atoms with Crippen LogP contribution in [0.5, 0.6) is 0 Å². The monoisotopic (exact) mass is 421 g/mol. The molecule has 2 aromatic carbocycles. The molecule has 1 fully saturated rings. The van der Waals surface area contributed by atoms with Crippen LogP contribution in [0.4, 0.5) is 0 Å². The van der Waals surface area contributed by atoms with Crippen molar-refractivity contribution in [2.24, 2.45) is 17.8 Å². The van der Waals surface area contributed by atoms with Gasteiger partial charge in [-0.2, -0.15) is 0 Å². The van der Waals surface area contributed by atoms with Crippen molar-refractivity contribution in [1.82, 2.24) is 4.90 Å². The van der Waals surface area contributed by atoms with Crippen LogP contribution in [0.3, 0.4) is 0 Å². The Morgan fingerprint density at radius 3 is 2.03 bits per heavy atom. The summed E-state index contributed by atoms with van der Waals surface area (Å²) in [6.07, 6.45) is 2.33. The first-order chi connectivity index (χ1) is 15.0. The summed E-state index contributed by atoms with van der Waals surface area (Å²) in [4.78, 5) is 16.0. The first kappa shape index (κ1) is 23.7. The molecule has 0 amide bonds. The molecule has 0 aliphatic heterocycles. The Balaban J connectivity index is 1.74. The van der Waals surface area contributed by atoms with E-state index in [0.29, 0.717) is 17.8 Å². The maximum Gasteiger partial charge on any atom is 0.170 e. The molecule has 3 unspecified atom stereocenters. The van der Waals surface area contributed by atoms with Gasteiger partial charge in [-0.1, -0.05) is 88.4 Å². The molecule has 0 bridgehead atoms. The molecule has 0 radical (unpaired) electrons. The van der Waals surface area contributed by atoms with Crippen molar-refractivity contribution in [2.75, 3.05) is 26.2 Å². The molecule has 3 heteroatoms. The van der Waals surface area contributed by atoms with E-state index in [4.69, 9.17) is 4.74 Å². The summed E-state index contributed by atoms with van der Waals surface area (Å²) in [5.41, 5.74) is 1.95. The van der Waals surface area contributed by atoms with Crippen LogP contribution in [0, 0.1) is 17.8 Å². The van der Waals surface area contributed by atoms with E-state index in [1.807, 2.05) is 36.4 Å². The van der Waals surface area contributed by atoms with Crippen molar-refractivity contribution in [3.05, 3.63) is 71.8 Å². The number of ketones is 1. The van der Waals surface area contributed by atoms with Crippen molar-refractivity contribution >= 4 is 5.78 Å². The van der Waals surface area contributed by atoms with Crippen LogP contribution in [-0.2, 0) is 4.74 Å². The summed E-state index contributed by atoms with van der Waals surface area (Å²) < 4.78 is 6.39. The molecule has 168 valence electrons. The molecule has 0 heterocycles. The third-order valence-electron chi connectivity index (χ3n) is 7.05. The SMILES string of the molecule is CCN(CC)CCOC1C(C)CC(C(C(=O)c2ccccc2)c2ccccc2)CC1C. The summed E-state index contributed by atoms with van der Waals surface area (Å²) in [5, 5.41) is 0. The van der Waals surface area contributed by atoms with Gasteiger partial charge in [-0.3, -0.25) is 4.79 Å². The van der Waals surface area contributed by atoms with E-state index in [2.05, 4.69) is 56.9 Å². The van der Waals surface area contributed by atoms with Crippen LogP contribution >= 0.6 is 0 Å². The number of carbonyl (C=O) groups is 1. The molecular formula is C28H39NO2. The first-order valence-corrected chi connectivity index (χ1v) is 12.0. The van der Waals surface area contributed by atoms with E-state index < -0.39 is 0 Å². The highest BCUT2D eigenvalue weighted by Gasteiger charge is 2.40. The molecule has 3 atom stereocenters. The Bertz CT molecular complexity index is 775. The molecule has 2 aromatic rings. The summed E-state index contributed by atoms with van der Waals surface area (Å²) in [5.74, 6) is 1.38. The fourth-order valence-electron chi connectivity index (χ4n) is 5.42. The quantitative estimate of drug-likeness (QED) is 0.437. The predicted octanol–water partition coefficient (Wildman–Crippen LogP) is 6.06. The van der Waals surface area contributed by atoms with Gasteiger partial charge in [-0.25, -0.2) is 0 Å². The lowest BCUT2D eigenvalue weighted by molar-refractivity contribution is -0.0576. The number of nitrogens with zero attached hydrogens (tertiary/aromatic N) is 1. The van der Waals surface area contributed by atoms with Crippen molar-refractivity contribution in [3.63, 3.8) is 0 Å². The van der Waals surface area contributed by atoms with Gasteiger partial charge in [0.1, 0.15) is 0 Å². The normalized spacial score (nSPS) is 24.8. The highest BCUT2D eigenvalue weighted by atomic mass is 16.5. The van der Waals surface area contributed by atoms with Crippen molar-refractivity contribution in [3.8, 4) is 0 Å². The number of ether oxygens (including phenoxy) is 1. The van der Waals surface area contributed by atoms with Crippen molar-refractivity contribution in [1.29, 1.82) is 0 Å². The molecule has 0 saturated heterocycles. The summed E-state index contributed by atoms with van der Waals surface area (Å²) >= 11 is 0. The highest BCUT2D eigenvalue weighted by molar-refractivity contribution is 6.01. The van der Waals surface area contributed by atoms with Crippen LogP contribution in [-0.4, -0.2) is 43.0 Å². The largest absolute Gasteiger partial charge is 0.376 e. The number of benzene rings is 2. The van der Waals surface area contributed by atoms with E-state index >= 15 is 0 Å². The second kappa shape index (κ2) is 11.6. The minimum absolute atomic E-state index is 0.0925. The van der Waals surface area contributed by atoms with Crippen LogP contribution < -0.4 is 0 Å². The molecule has 3 rings (SSSR count). The lowest BCUT2D eigenvalue weighted by atomic mass is 9.66. The fraction of sp³-hybridized carbons (Fsp3) is 0.536. The predicted molar refractivity (Wildman–Crippen MR) is 129 cm³/mol. The molecular weight excluding hydrogens is 382 g/mol. The second-order valence-corrected chi connectivity index (χ2v) is 9.17. The lowest BCUT2D eigenvalue weighted by Crippen LogP contribution is -2.41. The number of likely N-dealkylation sites (N-methyl/N-ethyl adjacent to an activating group) is 1. The Morgan fingerprint density at radius 1 is 0.935 bits per heavy atom. The van der Waals surface area contributed by atoms with Gasteiger partial charge in [-0.15, -0.1) is 0 Å². The van der Waals surface area contributed by atoms with E-state index in [1.165, 1.54) is 0 Å². The van der Waals surface area contributed by atoms with Crippen molar-refractivity contribution in [2.45, 2.75) is 52.6 Å². The third kappa shape index (κ3) is 6.05. The van der Waals surface area contributed by atoms with Gasteiger partial charge in [0.2, 0.25) is 0 Å². The first-order valence-electron chi connectivity index (χ1n) is 12.0. The Labute approximate surface area is 188 Å². The maximum atomic E-state index is 13.6. The number of hydrogen-bond donors (Lipinski definition) is 0. The van der Waals surface area contributed by atoms with Crippen LogP contribution in [0.15, 0.2) is 60.7 Å². The maximum absolute atomic E-state index is 13.6. The molecule has 1 aliphatic rings. The minimum atomic E-state index is -0.0925. The van der Waals surface area contributed by atoms with Gasteiger partial charge in [-0.05, 0) is 49.2 Å². The molecule has 31 heavy (non-hydrogen) atoms. The molecule has 0 aromatic heterocycles. The van der Waals surface area contributed by atoms with E-state index in [0.717, 1.165) is 50.2 Å². The standard InChI is InChI=1S/C28H39NO2/c1-5-29(6-2)17-18-31-28-21(3)19-25(20-22(28)4)26(23-13-9-7-10-14-23)27(30)24-15-11-8-12-16-24/h7-16,21-22,25-26,28H,5-6,17-20H2,1-4H3. The molecule has 0 spiro atoms. The Hall–Kier alpha value is -1.97. The topological polar surface area (TPSA) is 29.5 Å². The minimum Gasteiger partial charge on any atom is -0.376 e. The van der Waals surface area contributed by atoms with Gasteiger partial charge in [0, 0.05) is 12.1 Å². The third-order valence-corrected chi connectivity index (χ3v) is 7.05. The molecule has 1 aliphatic carbocycles. The van der Waals surface area contributed by atoms with Crippen LogP contribution in [0.2, 0.25) is 0 Å². The van der Waals surface area contributed by atoms with Crippen LogP contribution in [0.25, 0.3) is 0 Å². The van der Waals surface area contributed by atoms with Gasteiger partial charge in [0.05, 0.1) is 18.6 Å². The zero-order valence-electron chi connectivity index (χ0n) is 19.7. The van der Waals surface area contributed by atoms with E-state index in [-0.39, 0.29) is 17.8 Å². The Kier molecular flexibility index (Phi) is 8.86. The number of carbonyl (C=O) groups excluding carboxylic acids is 1. The zero-order valence-corrected chi connectivity index (χ0v) is 19.7. The van der Waals surface area contributed by atoms with Crippen molar-refractivity contribution < 1.29 is 9.53 Å². The molecule has 0 N–H and O–H groups in total. The smallest absolute Gasteiger partial charge is 0.170 e. The number of rotatable bonds is 10. The summed E-state index contributed by atoms with van der Waals surface area (Å²) in [6.45, 7) is 12.9. The summed E-state index contributed by atoms with van der Waals surface area (Å²) in [7, 11) is 0. The zero-order chi connectivity index (χ0) is 22.2.